The topological polar surface area (TPSA) is 105 Å². The van der Waals surface area contributed by atoms with Crippen LogP contribution in [0.2, 0.25) is 0 Å². The molecule has 0 amide bonds. The molecule has 0 radical (unpaired) electrons. The van der Waals surface area contributed by atoms with Crippen LogP contribution in [0.5, 0.6) is 11.5 Å². The first-order valence-electron chi connectivity index (χ1n) is 11.2. The van der Waals surface area contributed by atoms with Crippen molar-refractivity contribution in [3.8, 4) is 17.6 Å². The third-order valence-electron chi connectivity index (χ3n) is 7.42. The number of benzene rings is 1. The molecule has 8 heteroatoms. The minimum absolute atomic E-state index is 0. The first-order chi connectivity index (χ1) is 15.0. The van der Waals surface area contributed by atoms with Gasteiger partial charge in [0.25, 0.3) is 0 Å². The van der Waals surface area contributed by atoms with Gasteiger partial charge in [-0.3, -0.25) is 9.59 Å². The Bertz CT molecular complexity index is 1100. The van der Waals surface area contributed by atoms with Crippen molar-refractivity contribution in [2.24, 2.45) is 11.8 Å². The second-order valence-corrected chi connectivity index (χ2v) is 9.31. The summed E-state index contributed by atoms with van der Waals surface area (Å²) in [5.74, 6) is 1.84. The maximum atomic E-state index is 11.5. The Hall–Kier alpha value is -1.85. The van der Waals surface area contributed by atoms with E-state index >= 15 is 0 Å². The van der Waals surface area contributed by atoms with Crippen LogP contribution in [0.1, 0.15) is 49.1 Å². The predicted octanol–water partition coefficient (Wildman–Crippen LogP) is -1.30. The van der Waals surface area contributed by atoms with Crippen molar-refractivity contribution in [3.63, 3.8) is 0 Å². The molecule has 162 valence electrons. The summed E-state index contributed by atoms with van der Waals surface area (Å²) in [5, 5.41) is 23.7. The molecule has 2 heterocycles. The van der Waals surface area contributed by atoms with Gasteiger partial charge in [-0.1, -0.05) is 0 Å². The minimum atomic E-state index is -0.890. The van der Waals surface area contributed by atoms with Gasteiger partial charge in [-0.05, 0) is 68.5 Å². The van der Waals surface area contributed by atoms with Gasteiger partial charge in [0.15, 0.2) is 0 Å². The summed E-state index contributed by atoms with van der Waals surface area (Å²) in [6.07, 6.45) is 5.13. The van der Waals surface area contributed by atoms with Gasteiger partial charge in [0.05, 0.1) is 23.9 Å². The van der Waals surface area contributed by atoms with Crippen molar-refractivity contribution in [2.45, 2.75) is 44.1 Å². The standard InChI is InChI=1S/C24H27N3O4.Na/c25-10-15-3-6-20-18(9-15)19-12-27(11-16(19)13-31-20)8-7-14-1-4-17(5-2-14)26-21-22(28)24(30)23(21)29;/h3,6,9,14,16-17,19,26,28H,1-2,4-5,7-8,11-13H2;/q;+1/p-1/t14?,16-,17?,19+;/m0./s1. The zero-order chi connectivity index (χ0) is 21.5. The molecule has 5 rings (SSSR count). The molecule has 2 fully saturated rings. The zero-order valence-electron chi connectivity index (χ0n) is 18.4. The fourth-order valence-corrected chi connectivity index (χ4v) is 5.57. The van der Waals surface area contributed by atoms with Gasteiger partial charge in [-0.15, -0.1) is 0 Å². The molecule has 2 aliphatic heterocycles. The third kappa shape index (κ3) is 4.34. The average molecular weight is 443 g/mol. The maximum Gasteiger partial charge on any atom is 1.00 e. The molecular formula is C24H26N3NaO4. The number of nitriles is 1. The number of hydrogen-bond acceptors (Lipinski definition) is 7. The number of nitrogens with one attached hydrogen (secondary N) is 1. The van der Waals surface area contributed by atoms with Crippen LogP contribution in [0.25, 0.3) is 0 Å². The van der Waals surface area contributed by atoms with Crippen molar-refractivity contribution in [2.75, 3.05) is 31.6 Å². The van der Waals surface area contributed by atoms with Gasteiger partial charge in [0.2, 0.25) is 10.9 Å². The molecule has 1 aliphatic carbocycles. The maximum absolute atomic E-state index is 11.5. The van der Waals surface area contributed by atoms with Crippen LogP contribution in [0.3, 0.4) is 0 Å². The van der Waals surface area contributed by atoms with Gasteiger partial charge in [0, 0.05) is 36.5 Å². The van der Waals surface area contributed by atoms with E-state index in [9.17, 15) is 20.0 Å². The van der Waals surface area contributed by atoms with Crippen molar-refractivity contribution in [1.82, 2.24) is 4.90 Å². The number of rotatable bonds is 5. The normalized spacial score (nSPS) is 27.0. The number of anilines is 1. The SMILES string of the molecule is N#Cc1ccc2c(c1)[C@@H]1CN(CCC3CCC(Nc4c([O-])c(=O)c4=O)CC3)C[C@H]1CO2.[Na+]. The molecule has 0 bridgehead atoms. The second kappa shape index (κ2) is 9.56. The molecule has 2 aromatic rings. The van der Waals surface area contributed by atoms with E-state index in [1.807, 2.05) is 18.2 Å². The molecular weight excluding hydrogens is 417 g/mol. The number of likely N-dealkylation sites (tertiary alicyclic amines) is 1. The van der Waals surface area contributed by atoms with Crippen molar-refractivity contribution >= 4 is 5.69 Å². The van der Waals surface area contributed by atoms with Crippen molar-refractivity contribution in [1.29, 1.82) is 5.26 Å². The van der Waals surface area contributed by atoms with Crippen LogP contribution in [0.15, 0.2) is 27.8 Å². The predicted molar refractivity (Wildman–Crippen MR) is 114 cm³/mol. The Morgan fingerprint density at radius 2 is 1.94 bits per heavy atom. The smallest absolute Gasteiger partial charge is 0.868 e. The first kappa shape index (κ1) is 23.3. The quantitative estimate of drug-likeness (QED) is 0.452. The largest absolute Gasteiger partial charge is 1.00 e. The van der Waals surface area contributed by atoms with Crippen LogP contribution in [-0.4, -0.2) is 37.2 Å². The van der Waals surface area contributed by atoms with E-state index in [-0.39, 0.29) is 41.3 Å². The summed E-state index contributed by atoms with van der Waals surface area (Å²) in [4.78, 5) is 25.1. The van der Waals surface area contributed by atoms with Crippen LogP contribution < -0.4 is 55.6 Å². The van der Waals surface area contributed by atoms with E-state index < -0.39 is 16.6 Å². The molecule has 0 aromatic heterocycles. The number of nitrogens with zero attached hydrogens (tertiary/aromatic N) is 2. The van der Waals surface area contributed by atoms with E-state index in [1.54, 1.807) is 0 Å². The summed E-state index contributed by atoms with van der Waals surface area (Å²) in [7, 11) is 0. The average Bonchev–Trinajstić information content (AvgIpc) is 3.24. The van der Waals surface area contributed by atoms with E-state index in [0.717, 1.165) is 64.1 Å². The van der Waals surface area contributed by atoms with E-state index in [2.05, 4.69) is 16.3 Å². The molecule has 3 aliphatic rings. The molecule has 0 unspecified atom stereocenters. The Morgan fingerprint density at radius 1 is 1.16 bits per heavy atom. The van der Waals surface area contributed by atoms with E-state index in [1.165, 1.54) is 5.56 Å². The van der Waals surface area contributed by atoms with Crippen LogP contribution in [-0.2, 0) is 0 Å². The molecule has 2 atom stereocenters. The first-order valence-corrected chi connectivity index (χ1v) is 11.2. The van der Waals surface area contributed by atoms with Gasteiger partial charge < -0.3 is 20.1 Å². The van der Waals surface area contributed by atoms with Crippen LogP contribution in [0.4, 0.5) is 5.69 Å². The molecule has 1 saturated heterocycles. The second-order valence-electron chi connectivity index (χ2n) is 9.31. The van der Waals surface area contributed by atoms with Crippen LogP contribution >= 0.6 is 0 Å². The Balaban J connectivity index is 0.00000245. The molecule has 7 nitrogen and oxygen atoms in total. The fraction of sp³-hybridized carbons (Fsp3) is 0.542. The molecule has 32 heavy (non-hydrogen) atoms. The summed E-state index contributed by atoms with van der Waals surface area (Å²) >= 11 is 0. The number of fused-ring (bicyclic) bond motifs is 3. The van der Waals surface area contributed by atoms with Gasteiger partial charge in [0.1, 0.15) is 5.75 Å². The summed E-state index contributed by atoms with van der Waals surface area (Å²) in [6.45, 7) is 3.86. The molecule has 2 aromatic carbocycles. The summed E-state index contributed by atoms with van der Waals surface area (Å²) < 4.78 is 5.94. The van der Waals surface area contributed by atoms with Gasteiger partial charge in [-0.2, -0.15) is 5.26 Å². The van der Waals surface area contributed by atoms with Gasteiger partial charge in [-0.25, -0.2) is 0 Å². The van der Waals surface area contributed by atoms with Crippen molar-refractivity contribution < 1.29 is 39.4 Å². The summed E-state index contributed by atoms with van der Waals surface area (Å²) in [5.41, 5.74) is 0.324. The van der Waals surface area contributed by atoms with Crippen LogP contribution in [0, 0.1) is 23.2 Å². The molecule has 0 spiro atoms. The fourth-order valence-electron chi connectivity index (χ4n) is 5.57. The minimum Gasteiger partial charge on any atom is -0.868 e. The Labute approximate surface area is 209 Å². The Morgan fingerprint density at radius 3 is 2.66 bits per heavy atom. The number of hydrogen-bond donors (Lipinski definition) is 1. The Kier molecular flexibility index (Phi) is 6.97. The van der Waals surface area contributed by atoms with E-state index in [4.69, 9.17) is 4.74 Å². The molecule has 1 saturated carbocycles. The number of ether oxygens (including phenoxy) is 1. The molecule has 1 N–H and O–H groups in total. The third-order valence-corrected chi connectivity index (χ3v) is 7.42. The monoisotopic (exact) mass is 443 g/mol. The van der Waals surface area contributed by atoms with E-state index in [0.29, 0.717) is 23.3 Å². The summed E-state index contributed by atoms with van der Waals surface area (Å²) in [6, 6.07) is 8.10. The zero-order valence-corrected chi connectivity index (χ0v) is 20.4. The van der Waals surface area contributed by atoms with Crippen molar-refractivity contribution in [3.05, 3.63) is 49.8 Å². The van der Waals surface area contributed by atoms with Gasteiger partial charge >= 0.3 is 29.6 Å².